The molecule has 1 atom stereocenters. The van der Waals surface area contributed by atoms with Crippen molar-refractivity contribution in [1.82, 2.24) is 0 Å². The van der Waals surface area contributed by atoms with E-state index in [1.165, 1.54) is 19.3 Å². The molecule has 0 unspecified atom stereocenters. The molecule has 1 saturated heterocycles. The summed E-state index contributed by atoms with van der Waals surface area (Å²) in [6.45, 7) is 8.55. The summed E-state index contributed by atoms with van der Waals surface area (Å²) >= 11 is 6.36. The van der Waals surface area contributed by atoms with Gasteiger partial charge in [-0.15, -0.1) is 0 Å². The summed E-state index contributed by atoms with van der Waals surface area (Å²) in [6, 6.07) is 5.90. The van der Waals surface area contributed by atoms with Crippen LogP contribution in [0.5, 0.6) is 0 Å². The maximum atomic E-state index is 9.58. The van der Waals surface area contributed by atoms with Crippen molar-refractivity contribution in [2.24, 2.45) is 5.41 Å². The number of aliphatic hydroxyl groups is 1. The first-order valence-corrected chi connectivity index (χ1v) is 7.55. The summed E-state index contributed by atoms with van der Waals surface area (Å²) in [5, 5.41) is 10.3. The van der Waals surface area contributed by atoms with Crippen molar-refractivity contribution < 1.29 is 5.11 Å². The third-order valence-corrected chi connectivity index (χ3v) is 4.92. The van der Waals surface area contributed by atoms with Crippen molar-refractivity contribution in [3.8, 4) is 0 Å². The van der Waals surface area contributed by atoms with Crippen LogP contribution >= 0.6 is 11.6 Å². The van der Waals surface area contributed by atoms with Crippen molar-refractivity contribution in [3.63, 3.8) is 0 Å². The molecule has 0 spiro atoms. The minimum atomic E-state index is -0.462. The van der Waals surface area contributed by atoms with E-state index >= 15 is 0 Å². The average molecular weight is 282 g/mol. The van der Waals surface area contributed by atoms with Crippen LogP contribution in [0, 0.1) is 5.41 Å². The van der Waals surface area contributed by atoms with E-state index in [9.17, 15) is 5.11 Å². The smallest absolute Gasteiger partial charge is 0.0762 e. The van der Waals surface area contributed by atoms with Gasteiger partial charge in [-0.3, -0.25) is 0 Å². The molecule has 0 aromatic heterocycles. The van der Waals surface area contributed by atoms with Gasteiger partial charge < -0.3 is 10.0 Å². The highest BCUT2D eigenvalue weighted by molar-refractivity contribution is 6.33. The van der Waals surface area contributed by atoms with Gasteiger partial charge in [-0.2, -0.15) is 0 Å². The van der Waals surface area contributed by atoms with Crippen LogP contribution in [-0.4, -0.2) is 18.2 Å². The monoisotopic (exact) mass is 281 g/mol. The van der Waals surface area contributed by atoms with Crippen molar-refractivity contribution in [1.29, 1.82) is 0 Å². The lowest BCUT2D eigenvalue weighted by molar-refractivity contribution is 0.199. The molecule has 1 aromatic rings. The zero-order chi connectivity index (χ0) is 14.0. The van der Waals surface area contributed by atoms with Crippen LogP contribution in [0.25, 0.3) is 0 Å². The molecule has 3 heteroatoms. The second kappa shape index (κ2) is 5.72. The zero-order valence-corrected chi connectivity index (χ0v) is 12.9. The lowest BCUT2D eigenvalue weighted by Crippen LogP contribution is -2.38. The third-order valence-electron chi connectivity index (χ3n) is 4.62. The molecule has 0 bridgehead atoms. The number of rotatable bonds is 3. The summed E-state index contributed by atoms with van der Waals surface area (Å²) in [4.78, 5) is 2.37. The van der Waals surface area contributed by atoms with Crippen molar-refractivity contribution >= 4 is 17.3 Å². The topological polar surface area (TPSA) is 23.5 Å². The molecule has 2 rings (SSSR count). The number of hydrogen-bond acceptors (Lipinski definition) is 2. The fraction of sp³-hybridized carbons (Fsp3) is 0.625. The van der Waals surface area contributed by atoms with E-state index in [0.717, 1.165) is 29.4 Å². The SMILES string of the molecule is CCC1(C)CCN(c2ccc([C@H](C)O)cc2Cl)CC1. The van der Waals surface area contributed by atoms with Gasteiger partial charge in [0, 0.05) is 13.1 Å². The molecule has 19 heavy (non-hydrogen) atoms. The highest BCUT2D eigenvalue weighted by atomic mass is 35.5. The van der Waals surface area contributed by atoms with Gasteiger partial charge >= 0.3 is 0 Å². The molecule has 1 N–H and O–H groups in total. The van der Waals surface area contributed by atoms with Crippen LogP contribution < -0.4 is 4.90 Å². The van der Waals surface area contributed by atoms with Gasteiger partial charge in [0.15, 0.2) is 0 Å². The van der Waals surface area contributed by atoms with Crippen LogP contribution in [0.4, 0.5) is 5.69 Å². The first kappa shape index (κ1) is 14.7. The van der Waals surface area contributed by atoms with Gasteiger partial charge in [-0.1, -0.05) is 37.9 Å². The predicted molar refractivity (Wildman–Crippen MR) is 81.9 cm³/mol. The van der Waals surface area contributed by atoms with Gasteiger partial charge in [-0.25, -0.2) is 0 Å². The molecule has 1 aliphatic rings. The molecule has 1 heterocycles. The lowest BCUT2D eigenvalue weighted by atomic mass is 9.78. The van der Waals surface area contributed by atoms with Crippen LogP contribution in [0.1, 0.15) is 51.7 Å². The zero-order valence-electron chi connectivity index (χ0n) is 12.1. The van der Waals surface area contributed by atoms with E-state index < -0.39 is 6.10 Å². The highest BCUT2D eigenvalue weighted by Gasteiger charge is 2.28. The first-order valence-electron chi connectivity index (χ1n) is 7.18. The number of piperidine rings is 1. The fourth-order valence-corrected chi connectivity index (χ4v) is 2.99. The van der Waals surface area contributed by atoms with Crippen LogP contribution in [-0.2, 0) is 0 Å². The Morgan fingerprint density at radius 1 is 1.37 bits per heavy atom. The second-order valence-electron chi connectivity index (χ2n) is 6.04. The van der Waals surface area contributed by atoms with Gasteiger partial charge in [-0.05, 0) is 42.9 Å². The van der Waals surface area contributed by atoms with Crippen LogP contribution in [0.2, 0.25) is 5.02 Å². The van der Waals surface area contributed by atoms with E-state index in [1.807, 2.05) is 18.2 Å². The largest absolute Gasteiger partial charge is 0.389 e. The Bertz CT molecular complexity index is 436. The molecular formula is C16H24ClNO. The predicted octanol–water partition coefficient (Wildman–Crippen LogP) is 4.41. The summed E-state index contributed by atoms with van der Waals surface area (Å²) in [6.07, 6.45) is 3.22. The molecular weight excluding hydrogens is 258 g/mol. The van der Waals surface area contributed by atoms with E-state index in [4.69, 9.17) is 11.6 Å². The normalized spacial score (nSPS) is 20.4. The van der Waals surface area contributed by atoms with Gasteiger partial charge in [0.1, 0.15) is 0 Å². The summed E-state index contributed by atoms with van der Waals surface area (Å²) in [7, 11) is 0. The van der Waals surface area contributed by atoms with Gasteiger partial charge in [0.05, 0.1) is 16.8 Å². The molecule has 1 fully saturated rings. The minimum Gasteiger partial charge on any atom is -0.389 e. The van der Waals surface area contributed by atoms with E-state index in [1.54, 1.807) is 6.92 Å². The number of anilines is 1. The van der Waals surface area contributed by atoms with Crippen LogP contribution in [0.3, 0.4) is 0 Å². The second-order valence-corrected chi connectivity index (χ2v) is 6.45. The van der Waals surface area contributed by atoms with Gasteiger partial charge in [0.25, 0.3) is 0 Å². The Balaban J connectivity index is 2.12. The molecule has 2 nitrogen and oxygen atoms in total. The molecule has 1 aliphatic heterocycles. The summed E-state index contributed by atoms with van der Waals surface area (Å²) < 4.78 is 0. The molecule has 1 aromatic carbocycles. The Morgan fingerprint density at radius 3 is 2.47 bits per heavy atom. The van der Waals surface area contributed by atoms with Crippen molar-refractivity contribution in [2.75, 3.05) is 18.0 Å². The van der Waals surface area contributed by atoms with E-state index in [-0.39, 0.29) is 0 Å². The maximum Gasteiger partial charge on any atom is 0.0762 e. The molecule has 0 aliphatic carbocycles. The molecule has 0 saturated carbocycles. The number of hydrogen-bond donors (Lipinski definition) is 1. The Hall–Kier alpha value is -0.730. The Labute approximate surface area is 121 Å². The highest BCUT2D eigenvalue weighted by Crippen LogP contribution is 2.38. The Morgan fingerprint density at radius 2 is 2.00 bits per heavy atom. The number of benzene rings is 1. The third kappa shape index (κ3) is 3.24. The summed E-state index contributed by atoms with van der Waals surface area (Å²) in [5.74, 6) is 0. The van der Waals surface area contributed by atoms with Crippen LogP contribution in [0.15, 0.2) is 18.2 Å². The molecule has 106 valence electrons. The number of nitrogens with zero attached hydrogens (tertiary/aromatic N) is 1. The number of halogens is 1. The maximum absolute atomic E-state index is 9.58. The standard InChI is InChI=1S/C16H24ClNO/c1-4-16(3)7-9-18(10-8-16)15-6-5-13(12(2)19)11-14(15)17/h5-6,11-12,19H,4,7-10H2,1-3H3/t12-/m0/s1. The number of aliphatic hydroxyl groups excluding tert-OH is 1. The molecule has 0 radical (unpaired) electrons. The lowest BCUT2D eigenvalue weighted by Gasteiger charge is -2.40. The average Bonchev–Trinajstić information content (AvgIpc) is 2.40. The van der Waals surface area contributed by atoms with E-state index in [0.29, 0.717) is 5.41 Å². The Kier molecular flexibility index (Phi) is 4.42. The van der Waals surface area contributed by atoms with Gasteiger partial charge in [0.2, 0.25) is 0 Å². The molecule has 0 amide bonds. The van der Waals surface area contributed by atoms with Crippen molar-refractivity contribution in [3.05, 3.63) is 28.8 Å². The van der Waals surface area contributed by atoms with E-state index in [2.05, 4.69) is 18.7 Å². The first-order chi connectivity index (χ1) is 8.95. The van der Waals surface area contributed by atoms with Crippen molar-refractivity contribution in [2.45, 2.75) is 46.1 Å². The fourth-order valence-electron chi connectivity index (χ4n) is 2.68. The quantitative estimate of drug-likeness (QED) is 0.887. The summed E-state index contributed by atoms with van der Waals surface area (Å²) in [5.41, 5.74) is 2.47. The minimum absolute atomic E-state index is 0.462.